The molecule has 4 saturated carbocycles. The molecule has 70 heavy (non-hydrogen) atoms. The van der Waals surface area contributed by atoms with Crippen molar-refractivity contribution in [1.82, 2.24) is 0 Å². The minimum Gasteiger partial charge on any atom is -0.353 e. The first-order valence-electron chi connectivity index (χ1n) is 31.0. The van der Waals surface area contributed by atoms with Crippen molar-refractivity contribution in [2.24, 2.45) is 71.0 Å². The standard InChI is InChI=1S/2C16H30O2.2C15H28O2/c1-4-13-11-14(5-2)15(12-13)7-8-16(3)17-9-6-10-18-16;1-3-13-11-14(4-2)15(12-13)7-5-8-16-17-9-6-10-18-16;1-4-12-9-13(5-2)14(10-12)11-15(3)16-7-6-8-17-15;1-3-12-10-13(4-2)14(11-12)6-7-15-16-8-5-9-17-15/h13-15H,4-12H2,1-3H3;13-16H,3-12H2,1-2H3;12-14H,4-11H2,1-3H3;12-15H,3-11H2,1-2H3. The molecule has 8 rings (SSSR count). The highest BCUT2D eigenvalue weighted by Crippen LogP contribution is 2.47. The van der Waals surface area contributed by atoms with Gasteiger partial charge in [0.2, 0.25) is 0 Å². The van der Waals surface area contributed by atoms with Gasteiger partial charge in [-0.25, -0.2) is 0 Å². The molecule has 0 aromatic heterocycles. The first-order valence-corrected chi connectivity index (χ1v) is 31.0. The van der Waals surface area contributed by atoms with Gasteiger partial charge in [0.1, 0.15) is 0 Å². The molecule has 0 bridgehead atoms. The predicted molar refractivity (Wildman–Crippen MR) is 289 cm³/mol. The molecule has 0 aromatic carbocycles. The Morgan fingerprint density at radius 1 is 0.314 bits per heavy atom. The molecular formula is C62H116O8. The summed E-state index contributed by atoms with van der Waals surface area (Å²) in [5.74, 6) is 10.7. The van der Waals surface area contributed by atoms with Gasteiger partial charge in [-0.15, -0.1) is 0 Å². The fraction of sp³-hybridized carbons (Fsp3) is 1.00. The molecule has 4 heterocycles. The zero-order valence-corrected chi connectivity index (χ0v) is 47.8. The largest absolute Gasteiger partial charge is 0.353 e. The van der Waals surface area contributed by atoms with Crippen molar-refractivity contribution in [3.8, 4) is 0 Å². The van der Waals surface area contributed by atoms with Gasteiger partial charge in [-0.05, 0) is 200 Å². The van der Waals surface area contributed by atoms with Crippen molar-refractivity contribution < 1.29 is 37.9 Å². The van der Waals surface area contributed by atoms with Crippen LogP contribution in [0.5, 0.6) is 0 Å². The van der Waals surface area contributed by atoms with Gasteiger partial charge in [-0.1, -0.05) is 107 Å². The fourth-order valence-electron chi connectivity index (χ4n) is 14.8. The van der Waals surface area contributed by atoms with Gasteiger partial charge in [-0.2, -0.15) is 0 Å². The molecule has 0 aromatic rings. The SMILES string of the molecule is CCC1CC(CC)C(CC2(C)OCCCO2)C1.CCC1CC(CC)C(CCC2(C)OCCCO2)C1.CCC1CC(CC)C(CCC2OCCCO2)C1.CCC1CC(CC)C(CCCC2OCCCO2)C1. The van der Waals surface area contributed by atoms with Crippen molar-refractivity contribution in [2.75, 3.05) is 52.9 Å². The molecule has 12 atom stereocenters. The maximum atomic E-state index is 5.87. The van der Waals surface area contributed by atoms with Crippen molar-refractivity contribution in [2.45, 2.75) is 273 Å². The topological polar surface area (TPSA) is 73.8 Å². The molecule has 4 aliphatic heterocycles. The second kappa shape index (κ2) is 33.0. The Labute approximate surface area is 433 Å². The Bertz CT molecular complexity index is 1300. The van der Waals surface area contributed by atoms with Crippen molar-refractivity contribution in [3.05, 3.63) is 0 Å². The first kappa shape index (κ1) is 60.5. The molecule has 8 fully saturated rings. The van der Waals surface area contributed by atoms with E-state index in [0.29, 0.717) is 0 Å². The third kappa shape index (κ3) is 20.3. The van der Waals surface area contributed by atoms with Crippen LogP contribution in [0.15, 0.2) is 0 Å². The molecule has 8 heteroatoms. The van der Waals surface area contributed by atoms with Crippen LogP contribution in [0.25, 0.3) is 0 Å². The Hall–Kier alpha value is -0.320. The molecule has 0 spiro atoms. The molecule has 8 nitrogen and oxygen atoms in total. The summed E-state index contributed by atoms with van der Waals surface area (Å²) in [6.45, 7) is 30.1. The third-order valence-electron chi connectivity index (χ3n) is 19.6. The third-order valence-corrected chi connectivity index (χ3v) is 19.6. The summed E-state index contributed by atoms with van der Waals surface area (Å²) in [6, 6.07) is 0. The first-order chi connectivity index (χ1) is 34.0. The fourth-order valence-corrected chi connectivity index (χ4v) is 14.8. The summed E-state index contributed by atoms with van der Waals surface area (Å²) >= 11 is 0. The molecule has 8 aliphatic rings. The lowest BCUT2D eigenvalue weighted by molar-refractivity contribution is -0.265. The van der Waals surface area contributed by atoms with E-state index >= 15 is 0 Å². The molecule has 12 unspecified atom stereocenters. The van der Waals surface area contributed by atoms with Crippen LogP contribution in [0.2, 0.25) is 0 Å². The second-order valence-corrected chi connectivity index (χ2v) is 24.4. The number of hydrogen-bond acceptors (Lipinski definition) is 8. The van der Waals surface area contributed by atoms with Crippen molar-refractivity contribution in [3.63, 3.8) is 0 Å². The van der Waals surface area contributed by atoms with Crippen LogP contribution in [0, 0.1) is 71.0 Å². The molecule has 0 N–H and O–H groups in total. The summed E-state index contributed by atoms with van der Waals surface area (Å²) < 4.78 is 45.9. The zero-order chi connectivity index (χ0) is 50.2. The minimum atomic E-state index is -0.293. The number of ether oxygens (including phenoxy) is 8. The van der Waals surface area contributed by atoms with Gasteiger partial charge in [-0.3, -0.25) is 0 Å². The van der Waals surface area contributed by atoms with E-state index in [0.717, 1.165) is 175 Å². The number of hydrogen-bond donors (Lipinski definition) is 0. The Morgan fingerprint density at radius 3 is 1.06 bits per heavy atom. The van der Waals surface area contributed by atoms with Crippen molar-refractivity contribution >= 4 is 0 Å². The van der Waals surface area contributed by atoms with Gasteiger partial charge in [0.05, 0.1) is 52.9 Å². The van der Waals surface area contributed by atoms with E-state index in [2.05, 4.69) is 69.2 Å². The molecule has 0 amide bonds. The molecule has 412 valence electrons. The smallest absolute Gasteiger partial charge is 0.165 e. The van der Waals surface area contributed by atoms with Crippen molar-refractivity contribution in [1.29, 1.82) is 0 Å². The van der Waals surface area contributed by atoms with E-state index in [4.69, 9.17) is 37.9 Å². The Balaban J connectivity index is 0.000000174. The maximum absolute atomic E-state index is 5.87. The summed E-state index contributed by atoms with van der Waals surface area (Å²) in [5, 5.41) is 0. The van der Waals surface area contributed by atoms with Crippen LogP contribution in [0.4, 0.5) is 0 Å². The molecule has 4 saturated heterocycles. The Morgan fingerprint density at radius 2 is 0.643 bits per heavy atom. The van der Waals surface area contributed by atoms with Crippen LogP contribution in [0.3, 0.4) is 0 Å². The summed E-state index contributed by atoms with van der Waals surface area (Å²) in [6.07, 6.45) is 36.5. The lowest BCUT2D eigenvalue weighted by atomic mass is 9.87. The maximum Gasteiger partial charge on any atom is 0.165 e. The molecule has 0 radical (unpaired) electrons. The van der Waals surface area contributed by atoms with Crippen LogP contribution in [0.1, 0.15) is 249 Å². The van der Waals surface area contributed by atoms with E-state index < -0.39 is 0 Å². The lowest BCUT2D eigenvalue weighted by Gasteiger charge is -2.37. The van der Waals surface area contributed by atoms with E-state index in [1.54, 1.807) is 0 Å². The van der Waals surface area contributed by atoms with E-state index in [9.17, 15) is 0 Å². The average molecular weight is 990 g/mol. The summed E-state index contributed by atoms with van der Waals surface area (Å²) in [4.78, 5) is 0. The zero-order valence-electron chi connectivity index (χ0n) is 47.8. The van der Waals surface area contributed by atoms with Gasteiger partial charge in [0.15, 0.2) is 24.2 Å². The predicted octanol–water partition coefficient (Wildman–Crippen LogP) is 16.7. The highest BCUT2D eigenvalue weighted by molar-refractivity contribution is 4.87. The quantitative estimate of drug-likeness (QED) is 0.119. The van der Waals surface area contributed by atoms with Crippen LogP contribution >= 0.6 is 0 Å². The monoisotopic (exact) mass is 989 g/mol. The van der Waals surface area contributed by atoms with Crippen LogP contribution in [-0.4, -0.2) is 77.0 Å². The van der Waals surface area contributed by atoms with Gasteiger partial charge in [0, 0.05) is 12.8 Å². The normalized spacial score (nSPS) is 35.6. The van der Waals surface area contributed by atoms with E-state index in [-0.39, 0.29) is 24.2 Å². The second-order valence-electron chi connectivity index (χ2n) is 24.4. The average Bonchev–Trinajstić information content (AvgIpc) is 4.21. The molecular weight excluding hydrogens is 873 g/mol. The lowest BCUT2D eigenvalue weighted by Crippen LogP contribution is -2.39. The Kier molecular flexibility index (Phi) is 28.5. The molecule has 4 aliphatic carbocycles. The van der Waals surface area contributed by atoms with Crippen LogP contribution < -0.4 is 0 Å². The summed E-state index contributed by atoms with van der Waals surface area (Å²) in [5.41, 5.74) is 0. The number of rotatable bonds is 20. The van der Waals surface area contributed by atoms with Gasteiger partial charge in [0.25, 0.3) is 0 Å². The van der Waals surface area contributed by atoms with Gasteiger partial charge >= 0.3 is 0 Å². The van der Waals surface area contributed by atoms with Crippen LogP contribution in [-0.2, 0) is 37.9 Å². The summed E-state index contributed by atoms with van der Waals surface area (Å²) in [7, 11) is 0. The van der Waals surface area contributed by atoms with Gasteiger partial charge < -0.3 is 37.9 Å². The highest BCUT2D eigenvalue weighted by Gasteiger charge is 2.40. The minimum absolute atomic E-state index is 0.0990. The van der Waals surface area contributed by atoms with E-state index in [1.165, 1.54) is 128 Å². The highest BCUT2D eigenvalue weighted by atomic mass is 16.7. The van der Waals surface area contributed by atoms with E-state index in [1.807, 2.05) is 0 Å².